The fraction of sp³-hybridized carbons (Fsp3) is 0.889. The molecule has 2 atom stereocenters. The Balaban J connectivity index is 2.56. The second-order valence-corrected chi connectivity index (χ2v) is 4.44. The first-order chi connectivity index (χ1) is 4.90. The summed E-state index contributed by atoms with van der Waals surface area (Å²) in [5.74, 6) is 0.314. The monoisotopic (exact) mass is 153 g/mol. The van der Waals surface area contributed by atoms with Crippen LogP contribution in [0.5, 0.6) is 0 Å². The number of nitrogens with zero attached hydrogens (tertiary/aromatic N) is 1. The zero-order chi connectivity index (χ0) is 8.70. The molecule has 2 unspecified atom stereocenters. The van der Waals surface area contributed by atoms with Crippen LogP contribution in [0.1, 0.15) is 33.6 Å². The third-order valence-electron chi connectivity index (χ3n) is 2.70. The van der Waals surface area contributed by atoms with Gasteiger partial charge in [0.15, 0.2) is 0 Å². The Morgan fingerprint density at radius 2 is 2.18 bits per heavy atom. The third kappa shape index (κ3) is 1.54. The van der Waals surface area contributed by atoms with Crippen LogP contribution >= 0.6 is 0 Å². The molecule has 62 valence electrons. The summed E-state index contributed by atoms with van der Waals surface area (Å²) in [5, 5.41) is 18.2. The molecule has 0 bridgehead atoms. The van der Waals surface area contributed by atoms with E-state index in [0.29, 0.717) is 5.92 Å². The molecular formula is C9H15NO. The first kappa shape index (κ1) is 8.55. The minimum absolute atomic E-state index is 0.250. The van der Waals surface area contributed by atoms with E-state index in [1.165, 1.54) is 0 Å². The van der Waals surface area contributed by atoms with Gasteiger partial charge in [0.1, 0.15) is 0 Å². The smallest absolute Gasteiger partial charge is 0.0782 e. The normalized spacial score (nSPS) is 32.1. The first-order valence-corrected chi connectivity index (χ1v) is 3.99. The molecule has 0 amide bonds. The van der Waals surface area contributed by atoms with Crippen molar-refractivity contribution in [3.8, 4) is 6.07 Å². The lowest BCUT2D eigenvalue weighted by molar-refractivity contribution is 0.0297. The molecule has 0 radical (unpaired) electrons. The van der Waals surface area contributed by atoms with Crippen molar-refractivity contribution < 1.29 is 5.11 Å². The maximum atomic E-state index is 9.77. The van der Waals surface area contributed by atoms with Crippen LogP contribution in [-0.4, -0.2) is 10.7 Å². The van der Waals surface area contributed by atoms with E-state index in [9.17, 15) is 5.11 Å². The minimum Gasteiger partial charge on any atom is -0.389 e. The van der Waals surface area contributed by atoms with Gasteiger partial charge in [0.25, 0.3) is 0 Å². The molecule has 2 heteroatoms. The highest BCUT2D eigenvalue weighted by Crippen LogP contribution is 2.57. The van der Waals surface area contributed by atoms with E-state index in [2.05, 4.69) is 13.8 Å². The van der Waals surface area contributed by atoms with Crippen molar-refractivity contribution in [1.29, 1.82) is 5.26 Å². The van der Waals surface area contributed by atoms with Crippen molar-refractivity contribution >= 4 is 0 Å². The van der Waals surface area contributed by atoms with Gasteiger partial charge < -0.3 is 5.11 Å². The molecule has 0 aromatic rings. The highest BCUT2D eigenvalue weighted by molar-refractivity contribution is 5.07. The molecule has 1 aliphatic carbocycles. The van der Waals surface area contributed by atoms with E-state index in [4.69, 9.17) is 5.26 Å². The third-order valence-corrected chi connectivity index (χ3v) is 2.70. The Labute approximate surface area is 67.8 Å². The molecule has 1 rings (SSSR count). The topological polar surface area (TPSA) is 44.0 Å². The summed E-state index contributed by atoms with van der Waals surface area (Å²) in [5.41, 5.74) is -0.515. The largest absolute Gasteiger partial charge is 0.389 e. The van der Waals surface area contributed by atoms with E-state index in [0.717, 1.165) is 6.42 Å². The lowest BCUT2D eigenvalue weighted by Gasteiger charge is -2.21. The van der Waals surface area contributed by atoms with Crippen LogP contribution in [-0.2, 0) is 0 Å². The summed E-state index contributed by atoms with van der Waals surface area (Å²) in [4.78, 5) is 0. The van der Waals surface area contributed by atoms with Crippen molar-refractivity contribution in [2.45, 2.75) is 39.2 Å². The van der Waals surface area contributed by atoms with E-state index in [1.807, 2.05) is 6.07 Å². The number of nitriles is 1. The molecule has 11 heavy (non-hydrogen) atoms. The van der Waals surface area contributed by atoms with Crippen LogP contribution in [0.25, 0.3) is 0 Å². The van der Waals surface area contributed by atoms with Crippen LogP contribution < -0.4 is 0 Å². The predicted octanol–water partition coefficient (Wildman–Crippen LogP) is 1.70. The lowest BCUT2D eigenvalue weighted by Crippen LogP contribution is -2.28. The SMILES string of the molecule is CC1(C)CC1C(C)(O)CC#N. The van der Waals surface area contributed by atoms with Crippen LogP contribution in [0.2, 0.25) is 0 Å². The van der Waals surface area contributed by atoms with E-state index < -0.39 is 5.60 Å². The molecule has 0 saturated heterocycles. The summed E-state index contributed by atoms with van der Waals surface area (Å²) < 4.78 is 0. The van der Waals surface area contributed by atoms with Gasteiger partial charge in [-0.3, -0.25) is 0 Å². The lowest BCUT2D eigenvalue weighted by atomic mass is 9.92. The second kappa shape index (κ2) is 2.22. The van der Waals surface area contributed by atoms with Crippen LogP contribution in [0, 0.1) is 22.7 Å². The molecule has 1 saturated carbocycles. The Kier molecular flexibility index (Phi) is 1.72. The molecule has 0 aliphatic heterocycles. The first-order valence-electron chi connectivity index (χ1n) is 3.99. The predicted molar refractivity (Wildman–Crippen MR) is 42.7 cm³/mol. The average molecular weight is 153 g/mol. The van der Waals surface area contributed by atoms with Gasteiger partial charge in [0.2, 0.25) is 0 Å². The minimum atomic E-state index is -0.766. The number of rotatable bonds is 2. The molecule has 2 nitrogen and oxygen atoms in total. The zero-order valence-electron chi connectivity index (χ0n) is 7.39. The number of aliphatic hydroxyl groups is 1. The van der Waals surface area contributed by atoms with Crippen molar-refractivity contribution in [3.63, 3.8) is 0 Å². The van der Waals surface area contributed by atoms with Crippen molar-refractivity contribution in [2.75, 3.05) is 0 Å². The Morgan fingerprint density at radius 3 is 2.45 bits per heavy atom. The van der Waals surface area contributed by atoms with Gasteiger partial charge in [0.05, 0.1) is 18.1 Å². The van der Waals surface area contributed by atoms with Crippen molar-refractivity contribution in [3.05, 3.63) is 0 Å². The molecule has 1 fully saturated rings. The highest BCUT2D eigenvalue weighted by atomic mass is 16.3. The van der Waals surface area contributed by atoms with Gasteiger partial charge in [-0.1, -0.05) is 13.8 Å². The van der Waals surface area contributed by atoms with Crippen LogP contribution in [0.3, 0.4) is 0 Å². The van der Waals surface area contributed by atoms with E-state index >= 15 is 0 Å². The molecule has 0 aromatic heterocycles. The standard InChI is InChI=1S/C9H15NO/c1-8(2)6-7(8)9(3,11)4-5-10/h7,11H,4,6H2,1-3H3. The number of hydrogen-bond donors (Lipinski definition) is 1. The summed E-state index contributed by atoms with van der Waals surface area (Å²) >= 11 is 0. The Morgan fingerprint density at radius 1 is 1.73 bits per heavy atom. The molecule has 0 aromatic carbocycles. The fourth-order valence-electron chi connectivity index (χ4n) is 1.81. The summed E-state index contributed by atoms with van der Waals surface area (Å²) in [6.07, 6.45) is 1.29. The summed E-state index contributed by atoms with van der Waals surface area (Å²) in [6, 6.07) is 2.02. The van der Waals surface area contributed by atoms with E-state index in [-0.39, 0.29) is 11.8 Å². The number of hydrogen-bond acceptors (Lipinski definition) is 2. The average Bonchev–Trinajstić information content (AvgIpc) is 2.41. The molecule has 1 aliphatic rings. The molecule has 1 N–H and O–H groups in total. The quantitative estimate of drug-likeness (QED) is 0.656. The highest BCUT2D eigenvalue weighted by Gasteiger charge is 2.55. The fourth-order valence-corrected chi connectivity index (χ4v) is 1.81. The molecule has 0 spiro atoms. The van der Waals surface area contributed by atoms with Gasteiger partial charge >= 0.3 is 0 Å². The van der Waals surface area contributed by atoms with Gasteiger partial charge in [-0.05, 0) is 24.7 Å². The Bertz CT molecular complexity index is 200. The summed E-state index contributed by atoms with van der Waals surface area (Å²) in [6.45, 7) is 6.02. The van der Waals surface area contributed by atoms with Gasteiger partial charge in [-0.2, -0.15) is 5.26 Å². The van der Waals surface area contributed by atoms with Gasteiger partial charge in [0, 0.05) is 0 Å². The Hall–Kier alpha value is -0.550. The second-order valence-electron chi connectivity index (χ2n) is 4.44. The maximum absolute atomic E-state index is 9.77. The van der Waals surface area contributed by atoms with Crippen molar-refractivity contribution in [2.24, 2.45) is 11.3 Å². The van der Waals surface area contributed by atoms with Crippen LogP contribution in [0.4, 0.5) is 0 Å². The molecular weight excluding hydrogens is 138 g/mol. The van der Waals surface area contributed by atoms with E-state index in [1.54, 1.807) is 6.92 Å². The zero-order valence-corrected chi connectivity index (χ0v) is 7.39. The summed E-state index contributed by atoms with van der Waals surface area (Å²) in [7, 11) is 0. The van der Waals surface area contributed by atoms with Gasteiger partial charge in [-0.25, -0.2) is 0 Å². The molecule has 0 heterocycles. The van der Waals surface area contributed by atoms with Crippen LogP contribution in [0.15, 0.2) is 0 Å². The van der Waals surface area contributed by atoms with Crippen molar-refractivity contribution in [1.82, 2.24) is 0 Å². The van der Waals surface area contributed by atoms with Gasteiger partial charge in [-0.15, -0.1) is 0 Å². The maximum Gasteiger partial charge on any atom is 0.0782 e.